The Labute approximate surface area is 96.5 Å². The predicted octanol–water partition coefficient (Wildman–Crippen LogP) is 1.66. The van der Waals surface area contributed by atoms with Crippen LogP contribution in [0.3, 0.4) is 0 Å². The van der Waals surface area contributed by atoms with Crippen LogP contribution in [0.15, 0.2) is 24.3 Å². The lowest BCUT2D eigenvalue weighted by Gasteiger charge is -2.27. The summed E-state index contributed by atoms with van der Waals surface area (Å²) < 4.78 is 10.8. The highest BCUT2D eigenvalue weighted by atomic mass is 16.5. The first-order valence-corrected chi connectivity index (χ1v) is 5.75. The van der Waals surface area contributed by atoms with Crippen molar-refractivity contribution in [2.24, 2.45) is 5.73 Å². The maximum atomic E-state index is 5.97. The molecule has 88 valence electrons. The lowest BCUT2D eigenvalue weighted by molar-refractivity contribution is 0.0254. The van der Waals surface area contributed by atoms with Crippen LogP contribution in [-0.4, -0.2) is 26.4 Å². The van der Waals surface area contributed by atoms with Crippen molar-refractivity contribution in [3.05, 3.63) is 35.4 Å². The van der Waals surface area contributed by atoms with Gasteiger partial charge < -0.3 is 15.2 Å². The predicted molar refractivity (Wildman–Crippen MR) is 63.3 cm³/mol. The van der Waals surface area contributed by atoms with E-state index in [1.807, 2.05) is 0 Å². The van der Waals surface area contributed by atoms with Gasteiger partial charge in [0.25, 0.3) is 0 Å². The molecule has 0 saturated heterocycles. The van der Waals surface area contributed by atoms with Crippen molar-refractivity contribution in [2.75, 3.05) is 20.3 Å². The van der Waals surface area contributed by atoms with Crippen molar-refractivity contribution in [1.82, 2.24) is 0 Å². The fourth-order valence-corrected chi connectivity index (χ4v) is 2.23. The van der Waals surface area contributed by atoms with Crippen molar-refractivity contribution in [3.8, 4) is 0 Å². The van der Waals surface area contributed by atoms with Crippen LogP contribution in [0.2, 0.25) is 0 Å². The molecule has 1 aromatic carbocycles. The van der Waals surface area contributed by atoms with E-state index in [2.05, 4.69) is 24.3 Å². The Kier molecular flexibility index (Phi) is 3.93. The van der Waals surface area contributed by atoms with Crippen LogP contribution in [0.25, 0.3) is 0 Å². The number of ether oxygens (including phenoxy) is 2. The van der Waals surface area contributed by atoms with Crippen molar-refractivity contribution in [1.29, 1.82) is 0 Å². The third-order valence-electron chi connectivity index (χ3n) is 2.99. The molecule has 2 N–H and O–H groups in total. The van der Waals surface area contributed by atoms with E-state index in [0.717, 1.165) is 19.4 Å². The quantitative estimate of drug-likeness (QED) is 0.841. The standard InChI is InChI=1S/C13H19NO2/c1-15-9-11(14)8-13-12-5-3-2-4-10(12)6-7-16-13/h2-5,11,13H,6-9,14H2,1H3. The molecular weight excluding hydrogens is 202 g/mol. The van der Waals surface area contributed by atoms with E-state index in [-0.39, 0.29) is 12.1 Å². The smallest absolute Gasteiger partial charge is 0.0843 e. The van der Waals surface area contributed by atoms with Crippen LogP contribution in [0.4, 0.5) is 0 Å². The van der Waals surface area contributed by atoms with E-state index in [1.54, 1.807) is 7.11 Å². The van der Waals surface area contributed by atoms with E-state index in [4.69, 9.17) is 15.2 Å². The first kappa shape index (κ1) is 11.6. The van der Waals surface area contributed by atoms with Crippen molar-refractivity contribution in [2.45, 2.75) is 25.0 Å². The van der Waals surface area contributed by atoms with Crippen LogP contribution in [0.1, 0.15) is 23.7 Å². The topological polar surface area (TPSA) is 44.5 Å². The molecule has 3 nitrogen and oxygen atoms in total. The fraction of sp³-hybridized carbons (Fsp3) is 0.538. The normalized spacial score (nSPS) is 21.5. The van der Waals surface area contributed by atoms with Gasteiger partial charge in [0.15, 0.2) is 0 Å². The van der Waals surface area contributed by atoms with Crippen LogP contribution in [0, 0.1) is 0 Å². The molecular formula is C13H19NO2. The zero-order chi connectivity index (χ0) is 11.4. The Morgan fingerprint density at radius 3 is 3.12 bits per heavy atom. The van der Waals surface area contributed by atoms with Crippen molar-refractivity contribution < 1.29 is 9.47 Å². The molecule has 0 spiro atoms. The van der Waals surface area contributed by atoms with Crippen LogP contribution >= 0.6 is 0 Å². The molecule has 0 amide bonds. The summed E-state index contributed by atoms with van der Waals surface area (Å²) in [4.78, 5) is 0. The van der Waals surface area contributed by atoms with Gasteiger partial charge in [-0.25, -0.2) is 0 Å². The lowest BCUT2D eigenvalue weighted by Crippen LogP contribution is -2.30. The van der Waals surface area contributed by atoms with E-state index in [9.17, 15) is 0 Å². The Balaban J connectivity index is 2.07. The number of hydrogen-bond acceptors (Lipinski definition) is 3. The highest BCUT2D eigenvalue weighted by molar-refractivity contribution is 5.30. The third-order valence-corrected chi connectivity index (χ3v) is 2.99. The number of hydrogen-bond donors (Lipinski definition) is 1. The first-order valence-electron chi connectivity index (χ1n) is 5.75. The third kappa shape index (κ3) is 2.61. The maximum Gasteiger partial charge on any atom is 0.0843 e. The Hall–Kier alpha value is -0.900. The number of nitrogens with two attached hydrogens (primary N) is 1. The van der Waals surface area contributed by atoms with Gasteiger partial charge in [-0.15, -0.1) is 0 Å². The first-order chi connectivity index (χ1) is 7.81. The second kappa shape index (κ2) is 5.43. The minimum atomic E-state index is 0.0427. The van der Waals surface area contributed by atoms with Gasteiger partial charge in [-0.2, -0.15) is 0 Å². The summed E-state index contributed by atoms with van der Waals surface area (Å²) in [5, 5.41) is 0. The molecule has 0 fully saturated rings. The molecule has 0 aliphatic carbocycles. The lowest BCUT2D eigenvalue weighted by atomic mass is 9.94. The summed E-state index contributed by atoms with van der Waals surface area (Å²) in [7, 11) is 1.68. The SMILES string of the molecule is COCC(N)CC1OCCc2ccccc21. The van der Waals surface area contributed by atoms with E-state index in [0.29, 0.717) is 6.61 Å². The van der Waals surface area contributed by atoms with Gasteiger partial charge in [0.2, 0.25) is 0 Å². The fourth-order valence-electron chi connectivity index (χ4n) is 2.23. The monoisotopic (exact) mass is 221 g/mol. The molecule has 2 unspecified atom stereocenters. The van der Waals surface area contributed by atoms with Crippen LogP contribution in [-0.2, 0) is 15.9 Å². The number of methoxy groups -OCH3 is 1. The molecule has 1 aliphatic heterocycles. The zero-order valence-corrected chi connectivity index (χ0v) is 9.69. The maximum absolute atomic E-state index is 5.97. The Morgan fingerprint density at radius 1 is 1.50 bits per heavy atom. The van der Waals surface area contributed by atoms with Gasteiger partial charge in [0, 0.05) is 13.2 Å². The minimum Gasteiger partial charge on any atom is -0.383 e. The molecule has 1 heterocycles. The molecule has 0 radical (unpaired) electrons. The van der Waals surface area contributed by atoms with Crippen molar-refractivity contribution in [3.63, 3.8) is 0 Å². The highest BCUT2D eigenvalue weighted by Crippen LogP contribution is 2.29. The van der Waals surface area contributed by atoms with Crippen molar-refractivity contribution >= 4 is 0 Å². The average Bonchev–Trinajstić information content (AvgIpc) is 2.30. The van der Waals surface area contributed by atoms with Crippen LogP contribution < -0.4 is 5.73 Å². The number of fused-ring (bicyclic) bond motifs is 1. The molecule has 16 heavy (non-hydrogen) atoms. The Bertz CT molecular complexity index is 340. The minimum absolute atomic E-state index is 0.0427. The summed E-state index contributed by atoms with van der Waals surface area (Å²) >= 11 is 0. The van der Waals surface area contributed by atoms with E-state index < -0.39 is 0 Å². The highest BCUT2D eigenvalue weighted by Gasteiger charge is 2.22. The summed E-state index contributed by atoms with van der Waals surface area (Å²) in [6, 6.07) is 8.49. The largest absolute Gasteiger partial charge is 0.383 e. The van der Waals surface area contributed by atoms with Gasteiger partial charge in [0.1, 0.15) is 0 Å². The molecule has 0 bridgehead atoms. The summed E-state index contributed by atoms with van der Waals surface area (Å²) in [6.45, 7) is 1.38. The van der Waals surface area contributed by atoms with Gasteiger partial charge >= 0.3 is 0 Å². The summed E-state index contributed by atoms with van der Waals surface area (Å²) in [5.74, 6) is 0. The van der Waals surface area contributed by atoms with Crippen LogP contribution in [0.5, 0.6) is 0 Å². The van der Waals surface area contributed by atoms with Gasteiger partial charge in [0.05, 0.1) is 19.3 Å². The molecule has 0 saturated carbocycles. The Morgan fingerprint density at radius 2 is 2.31 bits per heavy atom. The summed E-state index contributed by atoms with van der Waals surface area (Å²) in [5.41, 5.74) is 8.65. The average molecular weight is 221 g/mol. The second-order valence-corrected chi connectivity index (χ2v) is 4.26. The van der Waals surface area contributed by atoms with Gasteiger partial charge in [-0.1, -0.05) is 24.3 Å². The summed E-state index contributed by atoms with van der Waals surface area (Å²) in [6.07, 6.45) is 1.96. The van der Waals surface area contributed by atoms with Gasteiger partial charge in [-0.05, 0) is 24.0 Å². The van der Waals surface area contributed by atoms with Gasteiger partial charge in [-0.3, -0.25) is 0 Å². The molecule has 1 aliphatic rings. The molecule has 3 heteroatoms. The number of benzene rings is 1. The zero-order valence-electron chi connectivity index (χ0n) is 9.69. The van der Waals surface area contributed by atoms with E-state index >= 15 is 0 Å². The number of rotatable bonds is 4. The molecule has 0 aromatic heterocycles. The second-order valence-electron chi connectivity index (χ2n) is 4.26. The molecule has 2 atom stereocenters. The molecule has 1 aromatic rings. The molecule has 2 rings (SSSR count). The van der Waals surface area contributed by atoms with E-state index in [1.165, 1.54) is 11.1 Å².